The predicted octanol–water partition coefficient (Wildman–Crippen LogP) is 3.31. The first-order chi connectivity index (χ1) is 14.2. The summed E-state index contributed by atoms with van der Waals surface area (Å²) in [5.41, 5.74) is 3.60. The Hall–Kier alpha value is -3.08. The standard InChI is InChI=1S/C24H27N3O2/c28-23-15-20(24(29)25-13-6-9-18-7-2-1-3-8-18)17-27(23)14-12-19-16-26-22-11-5-4-10-21(19)22/h1-5,7-8,10-11,16,20,26H,6,9,12-15,17H2,(H,25,29). The van der Waals surface area contributed by atoms with Gasteiger partial charge in [-0.3, -0.25) is 9.59 Å². The third kappa shape index (κ3) is 4.67. The zero-order chi connectivity index (χ0) is 20.1. The number of aromatic nitrogens is 1. The number of rotatable bonds is 8. The number of carbonyl (C=O) groups excluding carboxylic acids is 2. The Kier molecular flexibility index (Phi) is 5.94. The molecule has 0 spiro atoms. The lowest BCUT2D eigenvalue weighted by atomic mass is 10.1. The molecule has 2 N–H and O–H groups in total. The average Bonchev–Trinajstić information content (AvgIpc) is 3.33. The Morgan fingerprint density at radius 2 is 1.86 bits per heavy atom. The van der Waals surface area contributed by atoms with E-state index in [0.717, 1.165) is 24.8 Å². The summed E-state index contributed by atoms with van der Waals surface area (Å²) >= 11 is 0. The van der Waals surface area contributed by atoms with Gasteiger partial charge in [0.1, 0.15) is 0 Å². The van der Waals surface area contributed by atoms with Crippen molar-refractivity contribution in [1.82, 2.24) is 15.2 Å². The van der Waals surface area contributed by atoms with E-state index in [0.29, 0.717) is 26.1 Å². The number of likely N-dealkylation sites (tertiary alicyclic amines) is 1. The first kappa shape index (κ1) is 19.2. The van der Waals surface area contributed by atoms with Crippen molar-refractivity contribution in [3.05, 3.63) is 71.9 Å². The molecule has 0 saturated carbocycles. The molecule has 0 radical (unpaired) electrons. The van der Waals surface area contributed by atoms with Gasteiger partial charge < -0.3 is 15.2 Å². The van der Waals surface area contributed by atoms with Crippen molar-refractivity contribution in [2.75, 3.05) is 19.6 Å². The summed E-state index contributed by atoms with van der Waals surface area (Å²) in [6, 6.07) is 18.5. The van der Waals surface area contributed by atoms with Gasteiger partial charge in [0.15, 0.2) is 0 Å². The number of fused-ring (bicyclic) bond motifs is 1. The molecule has 5 nitrogen and oxygen atoms in total. The van der Waals surface area contributed by atoms with E-state index in [2.05, 4.69) is 34.6 Å². The van der Waals surface area contributed by atoms with Crippen LogP contribution in [0.4, 0.5) is 0 Å². The van der Waals surface area contributed by atoms with E-state index in [4.69, 9.17) is 0 Å². The van der Waals surface area contributed by atoms with Crippen LogP contribution in [-0.2, 0) is 22.4 Å². The van der Waals surface area contributed by atoms with Crippen LogP contribution in [0.2, 0.25) is 0 Å². The van der Waals surface area contributed by atoms with Crippen LogP contribution < -0.4 is 5.32 Å². The second-order valence-electron chi connectivity index (χ2n) is 7.73. The van der Waals surface area contributed by atoms with Gasteiger partial charge in [-0.15, -0.1) is 0 Å². The molecule has 3 aromatic rings. The van der Waals surface area contributed by atoms with Crippen molar-refractivity contribution in [2.24, 2.45) is 5.92 Å². The number of aromatic amines is 1. The molecule has 1 unspecified atom stereocenters. The topological polar surface area (TPSA) is 65.2 Å². The first-order valence-corrected chi connectivity index (χ1v) is 10.3. The molecule has 1 aliphatic rings. The summed E-state index contributed by atoms with van der Waals surface area (Å²) < 4.78 is 0. The number of amides is 2. The molecule has 150 valence electrons. The summed E-state index contributed by atoms with van der Waals surface area (Å²) in [6.07, 6.45) is 4.98. The SMILES string of the molecule is O=C(NCCCc1ccccc1)C1CC(=O)N(CCc2c[nH]c3ccccc23)C1. The van der Waals surface area contributed by atoms with Gasteiger partial charge in [-0.1, -0.05) is 48.5 Å². The van der Waals surface area contributed by atoms with Gasteiger partial charge in [0.2, 0.25) is 11.8 Å². The van der Waals surface area contributed by atoms with Crippen molar-refractivity contribution >= 4 is 22.7 Å². The zero-order valence-electron chi connectivity index (χ0n) is 16.6. The minimum atomic E-state index is -0.234. The van der Waals surface area contributed by atoms with Crippen LogP contribution in [0, 0.1) is 5.92 Å². The van der Waals surface area contributed by atoms with E-state index in [-0.39, 0.29) is 17.7 Å². The second kappa shape index (κ2) is 8.95. The van der Waals surface area contributed by atoms with Gasteiger partial charge in [0, 0.05) is 43.2 Å². The van der Waals surface area contributed by atoms with Crippen LogP contribution in [0.5, 0.6) is 0 Å². The molecule has 4 rings (SSSR count). The number of aryl methyl sites for hydroxylation is 1. The highest BCUT2D eigenvalue weighted by molar-refractivity contribution is 5.89. The highest BCUT2D eigenvalue weighted by Crippen LogP contribution is 2.21. The number of nitrogens with one attached hydrogen (secondary N) is 2. The maximum Gasteiger partial charge on any atom is 0.225 e. The Morgan fingerprint density at radius 3 is 2.72 bits per heavy atom. The molecule has 0 bridgehead atoms. The third-order valence-electron chi connectivity index (χ3n) is 5.70. The van der Waals surface area contributed by atoms with Crippen molar-refractivity contribution in [3.8, 4) is 0 Å². The molecule has 2 aromatic carbocycles. The molecule has 2 amide bonds. The van der Waals surface area contributed by atoms with E-state index in [1.54, 1.807) is 0 Å². The molecule has 5 heteroatoms. The molecule has 2 heterocycles. The molecule has 1 aromatic heterocycles. The zero-order valence-corrected chi connectivity index (χ0v) is 16.6. The lowest BCUT2D eigenvalue weighted by Gasteiger charge is -2.16. The largest absolute Gasteiger partial charge is 0.361 e. The highest BCUT2D eigenvalue weighted by Gasteiger charge is 2.33. The molecule has 1 atom stereocenters. The molecular weight excluding hydrogens is 362 g/mol. The van der Waals surface area contributed by atoms with Crippen LogP contribution in [0.1, 0.15) is 24.0 Å². The van der Waals surface area contributed by atoms with Crippen molar-refractivity contribution in [1.29, 1.82) is 0 Å². The minimum absolute atomic E-state index is 0.000931. The third-order valence-corrected chi connectivity index (χ3v) is 5.70. The molecule has 0 aliphatic carbocycles. The Labute approximate surface area is 171 Å². The number of benzene rings is 2. The van der Waals surface area contributed by atoms with Crippen LogP contribution in [-0.4, -0.2) is 41.3 Å². The van der Waals surface area contributed by atoms with Gasteiger partial charge in [-0.2, -0.15) is 0 Å². The van der Waals surface area contributed by atoms with Crippen LogP contribution in [0.25, 0.3) is 10.9 Å². The summed E-state index contributed by atoms with van der Waals surface area (Å²) in [7, 11) is 0. The monoisotopic (exact) mass is 389 g/mol. The number of carbonyl (C=O) groups is 2. The van der Waals surface area contributed by atoms with Crippen molar-refractivity contribution in [3.63, 3.8) is 0 Å². The number of hydrogen-bond acceptors (Lipinski definition) is 2. The lowest BCUT2D eigenvalue weighted by molar-refractivity contribution is -0.129. The van der Waals surface area contributed by atoms with Gasteiger partial charge in [0.25, 0.3) is 0 Å². The first-order valence-electron chi connectivity index (χ1n) is 10.3. The van der Waals surface area contributed by atoms with E-state index in [1.807, 2.05) is 41.4 Å². The second-order valence-corrected chi connectivity index (χ2v) is 7.73. The smallest absolute Gasteiger partial charge is 0.225 e. The summed E-state index contributed by atoms with van der Waals surface area (Å²) in [5, 5.41) is 4.21. The Morgan fingerprint density at radius 1 is 1.07 bits per heavy atom. The van der Waals surface area contributed by atoms with Gasteiger partial charge in [-0.25, -0.2) is 0 Å². The van der Waals surface area contributed by atoms with E-state index >= 15 is 0 Å². The maximum absolute atomic E-state index is 12.5. The van der Waals surface area contributed by atoms with E-state index in [1.165, 1.54) is 16.5 Å². The quantitative estimate of drug-likeness (QED) is 0.581. The van der Waals surface area contributed by atoms with E-state index in [9.17, 15) is 9.59 Å². The molecule has 1 aliphatic heterocycles. The average molecular weight is 389 g/mol. The van der Waals surface area contributed by atoms with Crippen LogP contribution >= 0.6 is 0 Å². The van der Waals surface area contributed by atoms with Gasteiger partial charge >= 0.3 is 0 Å². The van der Waals surface area contributed by atoms with E-state index < -0.39 is 0 Å². The molecular formula is C24H27N3O2. The fourth-order valence-corrected chi connectivity index (χ4v) is 4.05. The number of nitrogens with zero attached hydrogens (tertiary/aromatic N) is 1. The van der Waals surface area contributed by atoms with Crippen LogP contribution in [0.15, 0.2) is 60.8 Å². The lowest BCUT2D eigenvalue weighted by Crippen LogP contribution is -2.34. The fourth-order valence-electron chi connectivity index (χ4n) is 4.05. The van der Waals surface area contributed by atoms with Crippen molar-refractivity contribution < 1.29 is 9.59 Å². The van der Waals surface area contributed by atoms with Gasteiger partial charge in [0.05, 0.1) is 5.92 Å². The summed E-state index contributed by atoms with van der Waals surface area (Å²) in [4.78, 5) is 29.9. The summed E-state index contributed by atoms with van der Waals surface area (Å²) in [6.45, 7) is 1.82. The summed E-state index contributed by atoms with van der Waals surface area (Å²) in [5.74, 6) is -0.155. The predicted molar refractivity (Wildman–Crippen MR) is 114 cm³/mol. The normalized spacial score (nSPS) is 16.5. The Bertz CT molecular complexity index is 980. The Balaban J connectivity index is 1.22. The highest BCUT2D eigenvalue weighted by atomic mass is 16.2. The fraction of sp³-hybridized carbons (Fsp3) is 0.333. The molecule has 1 saturated heterocycles. The number of hydrogen-bond donors (Lipinski definition) is 2. The number of para-hydroxylation sites is 1. The maximum atomic E-state index is 12.5. The molecule has 1 fully saturated rings. The van der Waals surface area contributed by atoms with Crippen LogP contribution in [0.3, 0.4) is 0 Å². The minimum Gasteiger partial charge on any atom is -0.361 e. The van der Waals surface area contributed by atoms with Crippen molar-refractivity contribution in [2.45, 2.75) is 25.7 Å². The van der Waals surface area contributed by atoms with Gasteiger partial charge in [-0.05, 0) is 36.5 Å². The molecule has 29 heavy (non-hydrogen) atoms. The number of H-pyrrole nitrogens is 1.